The van der Waals surface area contributed by atoms with Crippen LogP contribution in [0.4, 0.5) is 0 Å². The van der Waals surface area contributed by atoms with Crippen molar-refractivity contribution < 1.29 is 9.47 Å². The summed E-state index contributed by atoms with van der Waals surface area (Å²) in [4.78, 5) is 6.86. The highest BCUT2D eigenvalue weighted by Crippen LogP contribution is 2.33. The van der Waals surface area contributed by atoms with Gasteiger partial charge in [-0.1, -0.05) is 0 Å². The van der Waals surface area contributed by atoms with Crippen molar-refractivity contribution in [2.45, 2.75) is 6.92 Å². The SMILES string of the molecule is COc1ccc(OC)c(-c2cn3cc(C)sc3n2)c1. The summed E-state index contributed by atoms with van der Waals surface area (Å²) in [7, 11) is 3.31. The first-order valence-corrected chi connectivity index (χ1v) is 6.70. The van der Waals surface area contributed by atoms with Crippen LogP contribution in [0.1, 0.15) is 4.88 Å². The van der Waals surface area contributed by atoms with E-state index in [4.69, 9.17) is 9.47 Å². The van der Waals surface area contributed by atoms with E-state index in [-0.39, 0.29) is 0 Å². The Morgan fingerprint density at radius 3 is 2.68 bits per heavy atom. The minimum atomic E-state index is 0.795. The molecule has 5 heteroatoms. The number of methoxy groups -OCH3 is 2. The second-order valence-electron chi connectivity index (χ2n) is 4.22. The zero-order valence-electron chi connectivity index (χ0n) is 11.0. The molecule has 0 aliphatic rings. The number of hydrogen-bond acceptors (Lipinski definition) is 4. The van der Waals surface area contributed by atoms with Gasteiger partial charge in [0.2, 0.25) is 0 Å². The van der Waals surface area contributed by atoms with E-state index in [9.17, 15) is 0 Å². The molecule has 0 N–H and O–H groups in total. The van der Waals surface area contributed by atoms with Crippen LogP contribution in [0.3, 0.4) is 0 Å². The molecule has 19 heavy (non-hydrogen) atoms. The number of benzene rings is 1. The average Bonchev–Trinajstić information content (AvgIpc) is 2.95. The van der Waals surface area contributed by atoms with E-state index in [1.807, 2.05) is 28.8 Å². The smallest absolute Gasteiger partial charge is 0.194 e. The predicted octanol–water partition coefficient (Wildman–Crippen LogP) is 3.39. The van der Waals surface area contributed by atoms with E-state index < -0.39 is 0 Å². The highest BCUT2D eigenvalue weighted by atomic mass is 32.1. The molecule has 0 atom stereocenters. The summed E-state index contributed by atoms with van der Waals surface area (Å²) in [6.07, 6.45) is 4.08. The fraction of sp³-hybridized carbons (Fsp3) is 0.214. The van der Waals surface area contributed by atoms with Crippen molar-refractivity contribution >= 4 is 16.3 Å². The molecular formula is C14H14N2O2S. The van der Waals surface area contributed by atoms with Crippen LogP contribution in [0.5, 0.6) is 11.5 Å². The molecule has 4 nitrogen and oxygen atoms in total. The maximum Gasteiger partial charge on any atom is 0.194 e. The van der Waals surface area contributed by atoms with Crippen LogP contribution in [0.15, 0.2) is 30.6 Å². The van der Waals surface area contributed by atoms with Crippen LogP contribution in [0, 0.1) is 6.92 Å². The first-order chi connectivity index (χ1) is 9.21. The van der Waals surface area contributed by atoms with Crippen molar-refractivity contribution in [2.24, 2.45) is 0 Å². The van der Waals surface area contributed by atoms with Crippen LogP contribution in [0.2, 0.25) is 0 Å². The molecule has 0 aliphatic heterocycles. The molecule has 0 amide bonds. The molecule has 3 rings (SSSR count). The maximum absolute atomic E-state index is 5.39. The number of aromatic nitrogens is 2. The van der Waals surface area contributed by atoms with Gasteiger partial charge in [-0.2, -0.15) is 0 Å². The van der Waals surface area contributed by atoms with E-state index >= 15 is 0 Å². The number of fused-ring (bicyclic) bond motifs is 1. The molecule has 2 aromatic heterocycles. The van der Waals surface area contributed by atoms with E-state index in [1.165, 1.54) is 4.88 Å². The fourth-order valence-corrected chi connectivity index (χ4v) is 2.86. The minimum Gasteiger partial charge on any atom is -0.497 e. The highest BCUT2D eigenvalue weighted by molar-refractivity contribution is 7.17. The van der Waals surface area contributed by atoms with E-state index in [2.05, 4.69) is 18.1 Å². The van der Waals surface area contributed by atoms with Gasteiger partial charge in [0.25, 0.3) is 0 Å². The van der Waals surface area contributed by atoms with Gasteiger partial charge in [-0.3, -0.25) is 4.40 Å². The van der Waals surface area contributed by atoms with Gasteiger partial charge in [0.15, 0.2) is 4.96 Å². The summed E-state index contributed by atoms with van der Waals surface area (Å²) in [5, 5.41) is 0. The van der Waals surface area contributed by atoms with Gasteiger partial charge < -0.3 is 9.47 Å². The van der Waals surface area contributed by atoms with Crippen molar-refractivity contribution in [2.75, 3.05) is 14.2 Å². The van der Waals surface area contributed by atoms with Crippen LogP contribution in [-0.4, -0.2) is 23.6 Å². The Morgan fingerprint density at radius 2 is 2.00 bits per heavy atom. The third kappa shape index (κ3) is 2.06. The lowest BCUT2D eigenvalue weighted by Gasteiger charge is -2.08. The molecule has 0 bridgehead atoms. The van der Waals surface area contributed by atoms with Gasteiger partial charge >= 0.3 is 0 Å². The molecule has 2 heterocycles. The molecule has 0 saturated heterocycles. The third-order valence-corrected chi connectivity index (χ3v) is 3.87. The number of aryl methyl sites for hydroxylation is 1. The van der Waals surface area contributed by atoms with Crippen LogP contribution in [0.25, 0.3) is 16.2 Å². The van der Waals surface area contributed by atoms with Crippen molar-refractivity contribution in [3.05, 3.63) is 35.5 Å². The molecule has 0 saturated carbocycles. The Morgan fingerprint density at radius 1 is 1.16 bits per heavy atom. The van der Waals surface area contributed by atoms with Crippen LogP contribution in [-0.2, 0) is 0 Å². The lowest BCUT2D eigenvalue weighted by atomic mass is 10.1. The molecule has 3 aromatic rings. The zero-order chi connectivity index (χ0) is 13.4. The Hall–Kier alpha value is -2.01. The number of thiazole rings is 1. The molecule has 0 fully saturated rings. The second-order valence-corrected chi connectivity index (χ2v) is 5.44. The standard InChI is InChI=1S/C14H14N2O2S/c1-9-7-16-8-12(15-14(16)19-9)11-6-10(17-2)4-5-13(11)18-3/h4-8H,1-3H3. The topological polar surface area (TPSA) is 35.8 Å². The zero-order valence-corrected chi connectivity index (χ0v) is 11.8. The fourth-order valence-electron chi connectivity index (χ4n) is 2.05. The van der Waals surface area contributed by atoms with Crippen LogP contribution < -0.4 is 9.47 Å². The summed E-state index contributed by atoms with van der Waals surface area (Å²) < 4.78 is 12.7. The van der Waals surface area contributed by atoms with Gasteiger partial charge in [-0.25, -0.2) is 4.98 Å². The first-order valence-electron chi connectivity index (χ1n) is 5.89. The highest BCUT2D eigenvalue weighted by Gasteiger charge is 2.12. The van der Waals surface area contributed by atoms with E-state index in [1.54, 1.807) is 25.6 Å². The van der Waals surface area contributed by atoms with Gasteiger partial charge in [-0.15, -0.1) is 11.3 Å². The lowest BCUT2D eigenvalue weighted by Crippen LogP contribution is -1.90. The van der Waals surface area contributed by atoms with Gasteiger partial charge in [-0.05, 0) is 25.1 Å². The van der Waals surface area contributed by atoms with Crippen molar-refractivity contribution in [3.8, 4) is 22.8 Å². The monoisotopic (exact) mass is 274 g/mol. The molecular weight excluding hydrogens is 260 g/mol. The Balaban J connectivity index is 2.15. The summed E-state index contributed by atoms with van der Waals surface area (Å²) in [6.45, 7) is 2.07. The molecule has 1 aromatic carbocycles. The molecule has 0 aliphatic carbocycles. The molecule has 0 spiro atoms. The van der Waals surface area contributed by atoms with E-state index in [0.29, 0.717) is 0 Å². The molecule has 0 unspecified atom stereocenters. The summed E-state index contributed by atoms with van der Waals surface area (Å²) >= 11 is 1.67. The second kappa shape index (κ2) is 4.59. The van der Waals surface area contributed by atoms with Crippen LogP contribution >= 0.6 is 11.3 Å². The normalized spacial score (nSPS) is 10.9. The Kier molecular flexibility index (Phi) is 2.91. The van der Waals surface area contributed by atoms with E-state index in [0.717, 1.165) is 27.7 Å². The van der Waals surface area contributed by atoms with Crippen molar-refractivity contribution in [1.29, 1.82) is 0 Å². The number of nitrogens with zero attached hydrogens (tertiary/aromatic N) is 2. The maximum atomic E-state index is 5.39. The lowest BCUT2D eigenvalue weighted by molar-refractivity contribution is 0.404. The summed E-state index contributed by atoms with van der Waals surface area (Å²) in [5.41, 5.74) is 1.83. The predicted molar refractivity (Wildman–Crippen MR) is 76.3 cm³/mol. The van der Waals surface area contributed by atoms with Crippen molar-refractivity contribution in [3.63, 3.8) is 0 Å². The van der Waals surface area contributed by atoms with Gasteiger partial charge in [0, 0.05) is 22.8 Å². The quantitative estimate of drug-likeness (QED) is 0.734. The van der Waals surface area contributed by atoms with Crippen molar-refractivity contribution in [1.82, 2.24) is 9.38 Å². The van der Waals surface area contributed by atoms with Gasteiger partial charge in [0.1, 0.15) is 11.5 Å². The largest absolute Gasteiger partial charge is 0.497 e. The number of ether oxygens (including phenoxy) is 2. The van der Waals surface area contributed by atoms with Gasteiger partial charge in [0.05, 0.1) is 19.9 Å². The summed E-state index contributed by atoms with van der Waals surface area (Å²) in [6, 6.07) is 5.72. The number of hydrogen-bond donors (Lipinski definition) is 0. The molecule has 0 radical (unpaired) electrons. The molecule has 98 valence electrons. The Labute approximate surface area is 115 Å². The summed E-state index contributed by atoms with van der Waals surface area (Å²) in [5.74, 6) is 1.59. The number of rotatable bonds is 3. The average molecular weight is 274 g/mol. The Bertz CT molecular complexity index is 699. The number of imidazole rings is 1. The third-order valence-electron chi connectivity index (χ3n) is 2.95. The first kappa shape index (κ1) is 12.0. The minimum absolute atomic E-state index is 0.795.